The number of nitrogens with one attached hydrogen (secondary N) is 2. The Morgan fingerprint density at radius 3 is 2.63 bits per heavy atom. The molecule has 5 rings (SSSR count). The summed E-state index contributed by atoms with van der Waals surface area (Å²) in [6.07, 6.45) is 4.96. The first-order valence-electron chi connectivity index (χ1n) is 12.3. The number of urea groups is 1. The zero-order valence-electron chi connectivity index (χ0n) is 20.3. The number of nitrogens with zero attached hydrogens (tertiary/aromatic N) is 6. The number of methoxy groups -OCH3 is 1. The summed E-state index contributed by atoms with van der Waals surface area (Å²) in [7, 11) is 3.59. The van der Waals surface area contributed by atoms with Crippen LogP contribution in [-0.4, -0.2) is 99.7 Å². The van der Waals surface area contributed by atoms with E-state index in [4.69, 9.17) is 14.5 Å². The molecule has 3 fully saturated rings. The van der Waals surface area contributed by atoms with Crippen LogP contribution >= 0.6 is 0 Å². The lowest BCUT2D eigenvalue weighted by molar-refractivity contribution is 0.0105. The zero-order chi connectivity index (χ0) is 24.4. The number of carbonyl (C=O) groups is 1. The molecule has 0 spiro atoms. The van der Waals surface area contributed by atoms with Crippen molar-refractivity contribution < 1.29 is 19.4 Å². The van der Waals surface area contributed by atoms with Gasteiger partial charge in [-0.1, -0.05) is 0 Å². The first kappa shape index (κ1) is 23.6. The van der Waals surface area contributed by atoms with Gasteiger partial charge in [-0.2, -0.15) is 15.1 Å². The second kappa shape index (κ2) is 10.2. The Kier molecular flexibility index (Phi) is 6.91. The molecule has 3 aliphatic rings. The minimum atomic E-state index is -0.120. The molecule has 0 saturated carbocycles. The Hall–Kier alpha value is -3.12. The number of anilines is 3. The van der Waals surface area contributed by atoms with Crippen molar-refractivity contribution in [2.24, 2.45) is 0 Å². The molecule has 0 radical (unpaired) electrons. The monoisotopic (exact) mass is 486 g/mol. The summed E-state index contributed by atoms with van der Waals surface area (Å²) >= 11 is 0. The van der Waals surface area contributed by atoms with Gasteiger partial charge in [0.25, 0.3) is 0 Å². The molecule has 0 aliphatic carbocycles. The van der Waals surface area contributed by atoms with Crippen LogP contribution in [0.1, 0.15) is 37.8 Å². The van der Waals surface area contributed by atoms with E-state index in [1.54, 1.807) is 19.2 Å². The standard InChI is InChI=1S/C23H34N8O4/c1-29(22-25-19(13-21(26-22)34-2)24-20-10-15(14-32)27-28-20)18-11-16-4-3-5-17(12-18)31(16)23(33)30-6-8-35-9-7-30/h10,13,16-18,32H,3-9,11-12,14H2,1-2H3,(H2,24,25,26,27,28)/t16-,17+,18+. The molecule has 5 heterocycles. The van der Waals surface area contributed by atoms with Crippen LogP contribution in [0.25, 0.3) is 0 Å². The Balaban J connectivity index is 1.32. The van der Waals surface area contributed by atoms with Crippen molar-refractivity contribution in [1.82, 2.24) is 30.0 Å². The van der Waals surface area contributed by atoms with E-state index in [1.165, 1.54) is 0 Å². The third-order valence-corrected chi connectivity index (χ3v) is 7.27. The molecule has 3 N–H and O–H groups in total. The molecular formula is C23H34N8O4. The van der Waals surface area contributed by atoms with Crippen molar-refractivity contribution >= 4 is 23.6 Å². The van der Waals surface area contributed by atoms with Gasteiger partial charge in [0.15, 0.2) is 5.82 Å². The number of hydrogen-bond acceptors (Lipinski definition) is 9. The Bertz CT molecular complexity index is 1010. The SMILES string of the molecule is COc1cc(Nc2cc(CO)[nH]n2)nc(N(C)[C@H]2C[C@H]3CCC[C@@H](C2)N3C(=O)N2CCOCC2)n1. The highest BCUT2D eigenvalue weighted by Gasteiger charge is 2.43. The Labute approximate surface area is 204 Å². The van der Waals surface area contributed by atoms with Gasteiger partial charge in [-0.15, -0.1) is 0 Å². The average molecular weight is 487 g/mol. The first-order valence-corrected chi connectivity index (χ1v) is 12.3. The summed E-state index contributed by atoms with van der Waals surface area (Å²) < 4.78 is 10.9. The molecule has 12 heteroatoms. The minimum Gasteiger partial charge on any atom is -0.481 e. The molecule has 12 nitrogen and oxygen atoms in total. The molecule has 2 amide bonds. The number of fused-ring (bicyclic) bond motifs is 2. The summed E-state index contributed by atoms with van der Waals surface area (Å²) in [5.74, 6) is 2.10. The lowest BCUT2D eigenvalue weighted by atomic mass is 9.81. The first-order chi connectivity index (χ1) is 17.1. The molecule has 0 aromatic carbocycles. The van der Waals surface area contributed by atoms with Crippen molar-refractivity contribution in [3.05, 3.63) is 17.8 Å². The highest BCUT2D eigenvalue weighted by atomic mass is 16.5. The molecule has 2 bridgehead atoms. The highest BCUT2D eigenvalue weighted by Crippen LogP contribution is 2.37. The zero-order valence-corrected chi connectivity index (χ0v) is 20.3. The number of hydrogen-bond donors (Lipinski definition) is 3. The number of amides is 2. The summed E-state index contributed by atoms with van der Waals surface area (Å²) in [4.78, 5) is 28.9. The second-order valence-corrected chi connectivity index (χ2v) is 9.42. The van der Waals surface area contributed by atoms with E-state index in [0.717, 1.165) is 32.1 Å². The molecular weight excluding hydrogens is 452 g/mol. The summed E-state index contributed by atoms with van der Waals surface area (Å²) in [6, 6.07) is 4.24. The fourth-order valence-electron chi connectivity index (χ4n) is 5.44. The highest BCUT2D eigenvalue weighted by molar-refractivity contribution is 5.75. The van der Waals surface area contributed by atoms with Crippen LogP contribution < -0.4 is 15.0 Å². The number of piperidine rings is 2. The van der Waals surface area contributed by atoms with Gasteiger partial charge >= 0.3 is 6.03 Å². The summed E-state index contributed by atoms with van der Waals surface area (Å²) in [6.45, 7) is 2.44. The molecule has 190 valence electrons. The fourth-order valence-corrected chi connectivity index (χ4v) is 5.44. The minimum absolute atomic E-state index is 0.120. The number of ether oxygens (including phenoxy) is 2. The van der Waals surface area contributed by atoms with Crippen molar-refractivity contribution in [1.29, 1.82) is 0 Å². The third kappa shape index (κ3) is 4.98. The van der Waals surface area contributed by atoms with Gasteiger partial charge in [0.2, 0.25) is 11.8 Å². The van der Waals surface area contributed by atoms with Gasteiger partial charge in [-0.25, -0.2) is 4.79 Å². The summed E-state index contributed by atoms with van der Waals surface area (Å²) in [5, 5.41) is 19.3. The van der Waals surface area contributed by atoms with Crippen LogP contribution in [0.15, 0.2) is 12.1 Å². The van der Waals surface area contributed by atoms with Crippen molar-refractivity contribution in [2.75, 3.05) is 50.7 Å². The number of aromatic nitrogens is 4. The maximum Gasteiger partial charge on any atom is 0.320 e. The topological polar surface area (TPSA) is 132 Å². The van der Waals surface area contributed by atoms with E-state index < -0.39 is 0 Å². The van der Waals surface area contributed by atoms with Gasteiger partial charge in [0.05, 0.1) is 32.6 Å². The van der Waals surface area contributed by atoms with Gasteiger partial charge in [0, 0.05) is 50.4 Å². The Morgan fingerprint density at radius 2 is 1.97 bits per heavy atom. The average Bonchev–Trinajstić information content (AvgIpc) is 3.34. The molecule has 3 atom stereocenters. The van der Waals surface area contributed by atoms with Crippen molar-refractivity contribution in [3.8, 4) is 5.88 Å². The largest absolute Gasteiger partial charge is 0.481 e. The van der Waals surface area contributed by atoms with E-state index in [9.17, 15) is 9.90 Å². The quantitative estimate of drug-likeness (QED) is 0.558. The lowest BCUT2D eigenvalue weighted by Gasteiger charge is -2.51. The molecule has 2 aromatic rings. The number of H-pyrrole nitrogens is 1. The fraction of sp³-hybridized carbons (Fsp3) is 0.652. The summed E-state index contributed by atoms with van der Waals surface area (Å²) in [5.41, 5.74) is 0.607. The van der Waals surface area contributed by atoms with Crippen LogP contribution in [0.2, 0.25) is 0 Å². The van der Waals surface area contributed by atoms with Crippen LogP contribution in [0.3, 0.4) is 0 Å². The van der Waals surface area contributed by atoms with Crippen LogP contribution in [0.4, 0.5) is 22.4 Å². The number of rotatable bonds is 6. The number of aliphatic hydroxyl groups is 1. The van der Waals surface area contributed by atoms with E-state index in [0.29, 0.717) is 55.5 Å². The molecule has 2 aromatic heterocycles. The van der Waals surface area contributed by atoms with Gasteiger partial charge < -0.3 is 34.6 Å². The van der Waals surface area contributed by atoms with E-state index in [2.05, 4.69) is 30.3 Å². The molecule has 3 saturated heterocycles. The van der Waals surface area contributed by atoms with Gasteiger partial charge in [0.1, 0.15) is 5.82 Å². The van der Waals surface area contributed by atoms with Gasteiger partial charge in [-0.05, 0) is 32.1 Å². The number of morpholine rings is 1. The normalized spacial score (nSPS) is 24.3. The van der Waals surface area contributed by atoms with E-state index in [-0.39, 0.29) is 30.8 Å². The molecule has 35 heavy (non-hydrogen) atoms. The maximum absolute atomic E-state index is 13.3. The number of aliphatic hydroxyl groups excluding tert-OH is 1. The molecule has 3 aliphatic heterocycles. The van der Waals surface area contributed by atoms with E-state index >= 15 is 0 Å². The van der Waals surface area contributed by atoms with Crippen molar-refractivity contribution in [3.63, 3.8) is 0 Å². The lowest BCUT2D eigenvalue weighted by Crippen LogP contribution is -2.62. The van der Waals surface area contributed by atoms with Gasteiger partial charge in [-0.3, -0.25) is 5.10 Å². The third-order valence-electron chi connectivity index (χ3n) is 7.27. The van der Waals surface area contributed by atoms with Crippen LogP contribution in [0.5, 0.6) is 5.88 Å². The predicted octanol–water partition coefficient (Wildman–Crippen LogP) is 1.72. The predicted molar refractivity (Wildman–Crippen MR) is 129 cm³/mol. The van der Waals surface area contributed by atoms with Crippen LogP contribution in [-0.2, 0) is 11.3 Å². The van der Waals surface area contributed by atoms with Crippen LogP contribution in [0, 0.1) is 0 Å². The second-order valence-electron chi connectivity index (χ2n) is 9.42. The van der Waals surface area contributed by atoms with E-state index in [1.807, 2.05) is 11.9 Å². The smallest absolute Gasteiger partial charge is 0.320 e. The van der Waals surface area contributed by atoms with Crippen molar-refractivity contribution in [2.45, 2.75) is 56.8 Å². The Morgan fingerprint density at radius 1 is 1.23 bits per heavy atom. The molecule has 0 unspecified atom stereocenters. The number of carbonyl (C=O) groups excluding carboxylic acids is 1. The number of aromatic amines is 1. The maximum atomic E-state index is 13.3.